The summed E-state index contributed by atoms with van der Waals surface area (Å²) in [6.07, 6.45) is 9.27. The summed E-state index contributed by atoms with van der Waals surface area (Å²) in [6.45, 7) is 2.18. The second-order valence-electron chi connectivity index (χ2n) is 3.83. The van der Waals surface area contributed by atoms with E-state index in [1.807, 2.05) is 12.4 Å². The molecule has 1 aromatic rings. The van der Waals surface area contributed by atoms with Crippen LogP contribution in [0.1, 0.15) is 13.3 Å². The molecule has 80 valence electrons. The van der Waals surface area contributed by atoms with E-state index in [2.05, 4.69) is 40.8 Å². The molecule has 15 heavy (non-hydrogen) atoms. The molecule has 1 unspecified atom stereocenters. The molecule has 1 aromatic heterocycles. The van der Waals surface area contributed by atoms with Gasteiger partial charge in [-0.05, 0) is 26.5 Å². The summed E-state index contributed by atoms with van der Waals surface area (Å²) in [5.41, 5.74) is 1.21. The zero-order valence-corrected chi connectivity index (χ0v) is 9.77. The van der Waals surface area contributed by atoms with Crippen LogP contribution in [-0.4, -0.2) is 17.6 Å². The normalized spacial score (nSPS) is 25.1. The van der Waals surface area contributed by atoms with Crippen LogP contribution in [0, 0.1) is 0 Å². The Bertz CT molecular complexity index is 381. The maximum atomic E-state index is 4.18. The molecular weight excluding hydrogens is 206 g/mol. The Kier molecular flexibility index (Phi) is 2.88. The minimum Gasteiger partial charge on any atom is -0.332 e. The van der Waals surface area contributed by atoms with Gasteiger partial charge in [0.15, 0.2) is 5.13 Å². The van der Waals surface area contributed by atoms with E-state index < -0.39 is 0 Å². The van der Waals surface area contributed by atoms with Gasteiger partial charge in [-0.25, -0.2) is 4.98 Å². The maximum absolute atomic E-state index is 4.18. The lowest BCUT2D eigenvalue weighted by molar-refractivity contribution is 0.480. The van der Waals surface area contributed by atoms with Gasteiger partial charge in [0.05, 0.1) is 0 Å². The van der Waals surface area contributed by atoms with Gasteiger partial charge in [0.25, 0.3) is 0 Å². The van der Waals surface area contributed by atoms with Crippen LogP contribution in [0.2, 0.25) is 0 Å². The predicted molar refractivity (Wildman–Crippen MR) is 65.0 cm³/mol. The lowest BCUT2D eigenvalue weighted by Gasteiger charge is -2.27. The second kappa shape index (κ2) is 4.16. The Balaban J connectivity index is 2.01. The summed E-state index contributed by atoms with van der Waals surface area (Å²) in [7, 11) is 1.98. The van der Waals surface area contributed by atoms with Crippen molar-refractivity contribution in [3.8, 4) is 0 Å². The molecule has 2 rings (SSSR count). The van der Waals surface area contributed by atoms with Crippen LogP contribution in [0.3, 0.4) is 0 Å². The molecule has 0 aromatic carbocycles. The van der Waals surface area contributed by atoms with Crippen LogP contribution in [0.15, 0.2) is 35.5 Å². The summed E-state index contributed by atoms with van der Waals surface area (Å²) in [5.74, 6) is 0. The molecule has 0 saturated carbocycles. The Labute approximate surface area is 93.9 Å². The van der Waals surface area contributed by atoms with Crippen molar-refractivity contribution in [3.63, 3.8) is 0 Å². The molecule has 0 spiro atoms. The second-order valence-corrected chi connectivity index (χ2v) is 4.72. The first-order valence-corrected chi connectivity index (χ1v) is 5.85. The highest BCUT2D eigenvalue weighted by atomic mass is 32.1. The Morgan fingerprint density at radius 1 is 1.53 bits per heavy atom. The number of allylic oxidation sites excluding steroid dienone is 1. The van der Waals surface area contributed by atoms with Crippen molar-refractivity contribution in [3.05, 3.63) is 35.5 Å². The third-order valence-electron chi connectivity index (χ3n) is 2.63. The minimum absolute atomic E-state index is 0.0913. The molecule has 4 heteroatoms. The zero-order chi connectivity index (χ0) is 10.7. The van der Waals surface area contributed by atoms with Crippen LogP contribution in [0.4, 0.5) is 5.13 Å². The van der Waals surface area contributed by atoms with Crippen LogP contribution in [0.5, 0.6) is 0 Å². The SMILES string of the molecule is CNC1(C)C=CC(Nc2nccs2)=CC1. The Morgan fingerprint density at radius 2 is 2.40 bits per heavy atom. The third-order valence-corrected chi connectivity index (χ3v) is 3.32. The largest absolute Gasteiger partial charge is 0.332 e. The number of thiazole rings is 1. The molecule has 1 atom stereocenters. The number of rotatable bonds is 3. The molecule has 0 bridgehead atoms. The summed E-state index contributed by atoms with van der Waals surface area (Å²) in [4.78, 5) is 4.18. The van der Waals surface area contributed by atoms with E-state index in [1.165, 1.54) is 0 Å². The number of nitrogens with one attached hydrogen (secondary N) is 2. The van der Waals surface area contributed by atoms with Crippen molar-refractivity contribution in [2.75, 3.05) is 12.4 Å². The molecule has 0 aliphatic heterocycles. The molecule has 0 radical (unpaired) electrons. The maximum Gasteiger partial charge on any atom is 0.187 e. The lowest BCUT2D eigenvalue weighted by Crippen LogP contribution is -2.38. The van der Waals surface area contributed by atoms with Gasteiger partial charge in [-0.15, -0.1) is 11.3 Å². The summed E-state index contributed by atoms with van der Waals surface area (Å²) < 4.78 is 0. The molecule has 1 aliphatic carbocycles. The highest BCUT2D eigenvalue weighted by Crippen LogP contribution is 2.22. The van der Waals surface area contributed by atoms with Crippen LogP contribution in [-0.2, 0) is 0 Å². The number of anilines is 1. The molecular formula is C11H15N3S. The van der Waals surface area contributed by atoms with Gasteiger partial charge in [-0.2, -0.15) is 0 Å². The third kappa shape index (κ3) is 2.46. The van der Waals surface area contributed by atoms with Crippen LogP contribution < -0.4 is 10.6 Å². The van der Waals surface area contributed by atoms with E-state index in [0.717, 1.165) is 17.2 Å². The lowest BCUT2D eigenvalue weighted by atomic mass is 9.93. The van der Waals surface area contributed by atoms with E-state index in [4.69, 9.17) is 0 Å². The molecule has 1 aliphatic rings. The molecule has 2 N–H and O–H groups in total. The first kappa shape index (κ1) is 10.4. The fourth-order valence-electron chi connectivity index (χ4n) is 1.42. The monoisotopic (exact) mass is 221 g/mol. The highest BCUT2D eigenvalue weighted by molar-refractivity contribution is 7.13. The van der Waals surface area contributed by atoms with Gasteiger partial charge < -0.3 is 10.6 Å². The van der Waals surface area contributed by atoms with Gasteiger partial charge in [0.1, 0.15) is 0 Å². The molecule has 3 nitrogen and oxygen atoms in total. The van der Waals surface area contributed by atoms with Crippen molar-refractivity contribution in [1.29, 1.82) is 0 Å². The predicted octanol–water partition coefficient (Wildman–Crippen LogP) is 2.38. The average molecular weight is 221 g/mol. The molecule has 0 fully saturated rings. The van der Waals surface area contributed by atoms with E-state index in [9.17, 15) is 0 Å². The zero-order valence-electron chi connectivity index (χ0n) is 8.95. The van der Waals surface area contributed by atoms with Gasteiger partial charge >= 0.3 is 0 Å². The van der Waals surface area contributed by atoms with Gasteiger partial charge in [-0.3, -0.25) is 0 Å². The summed E-state index contributed by atoms with van der Waals surface area (Å²) >= 11 is 1.61. The van der Waals surface area contributed by atoms with Crippen molar-refractivity contribution >= 4 is 16.5 Å². The van der Waals surface area contributed by atoms with E-state index in [-0.39, 0.29) is 5.54 Å². The summed E-state index contributed by atoms with van der Waals surface area (Å²) in [6, 6.07) is 0. The average Bonchev–Trinajstić information content (AvgIpc) is 2.75. The van der Waals surface area contributed by atoms with Gasteiger partial charge in [0.2, 0.25) is 0 Å². The van der Waals surface area contributed by atoms with E-state index in [0.29, 0.717) is 0 Å². The van der Waals surface area contributed by atoms with Crippen molar-refractivity contribution in [2.45, 2.75) is 18.9 Å². The van der Waals surface area contributed by atoms with E-state index >= 15 is 0 Å². The standard InChI is InChI=1S/C11H15N3S/c1-11(12-2)5-3-9(4-6-11)14-10-13-7-8-15-10/h3-5,7-8,12H,6H2,1-2H3,(H,13,14). The topological polar surface area (TPSA) is 37.0 Å². The van der Waals surface area contributed by atoms with Crippen molar-refractivity contribution in [2.24, 2.45) is 0 Å². The molecule has 1 heterocycles. The number of hydrogen-bond acceptors (Lipinski definition) is 4. The van der Waals surface area contributed by atoms with Crippen molar-refractivity contribution < 1.29 is 0 Å². The van der Waals surface area contributed by atoms with Gasteiger partial charge in [0, 0.05) is 22.8 Å². The first-order valence-electron chi connectivity index (χ1n) is 4.97. The highest BCUT2D eigenvalue weighted by Gasteiger charge is 2.19. The number of likely N-dealkylation sites (N-methyl/N-ethyl adjacent to an activating group) is 1. The quantitative estimate of drug-likeness (QED) is 0.823. The first-order chi connectivity index (χ1) is 7.22. The fourth-order valence-corrected chi connectivity index (χ4v) is 1.97. The summed E-state index contributed by atoms with van der Waals surface area (Å²) in [5, 5.41) is 9.47. The van der Waals surface area contributed by atoms with Gasteiger partial charge in [-0.1, -0.05) is 12.2 Å². The van der Waals surface area contributed by atoms with E-state index in [1.54, 1.807) is 17.5 Å². The number of nitrogens with zero attached hydrogens (tertiary/aromatic N) is 1. The van der Waals surface area contributed by atoms with Crippen molar-refractivity contribution in [1.82, 2.24) is 10.3 Å². The Hall–Kier alpha value is -1.13. The number of hydrogen-bond donors (Lipinski definition) is 2. The van der Waals surface area contributed by atoms with Crippen LogP contribution >= 0.6 is 11.3 Å². The fraction of sp³-hybridized carbons (Fsp3) is 0.364. The minimum atomic E-state index is 0.0913. The van der Waals surface area contributed by atoms with Crippen LogP contribution in [0.25, 0.3) is 0 Å². The smallest absolute Gasteiger partial charge is 0.187 e. The number of aromatic nitrogens is 1. The molecule has 0 saturated heterocycles. The molecule has 0 amide bonds. The Morgan fingerprint density at radius 3 is 2.93 bits per heavy atom.